The lowest BCUT2D eigenvalue weighted by Gasteiger charge is -2.30. The minimum absolute atomic E-state index is 0.146. The lowest BCUT2D eigenvalue weighted by Crippen LogP contribution is -2.40. The zero-order chi connectivity index (χ0) is 18.2. The number of hydrogen-bond donors (Lipinski definition) is 2. The van der Waals surface area contributed by atoms with Crippen LogP contribution in [0.1, 0.15) is 13.3 Å². The average Bonchev–Trinajstić information content (AvgIpc) is 3.19. The monoisotopic (exact) mass is 404 g/mol. The molecule has 1 fully saturated rings. The Morgan fingerprint density at radius 3 is 2.84 bits per heavy atom. The minimum atomic E-state index is -4.10. The molecule has 25 heavy (non-hydrogen) atoms. The fraction of sp³-hybridized carbons (Fsp3) is 0.400. The Bertz CT molecular complexity index is 861. The number of anilines is 2. The molecule has 2 heterocycles. The molecular weight excluding hydrogens is 387 g/mol. The molecule has 1 aromatic carbocycles. The van der Waals surface area contributed by atoms with Crippen molar-refractivity contribution in [2.75, 3.05) is 23.2 Å². The van der Waals surface area contributed by atoms with Crippen LogP contribution in [0.2, 0.25) is 5.02 Å². The standard InChI is InChI=1S/C15H18ClFN4O2S2/c1-9-12(3-4-18-9)21(2)13-6-11(17)14(5-10(13)16)25(22,23)20-15-7-24-8-19-15/h5-9,12,18,20H,3-4H2,1-2H3/t9-,12-/m1/s1. The molecule has 0 bridgehead atoms. The summed E-state index contributed by atoms with van der Waals surface area (Å²) in [6, 6.07) is 2.71. The Morgan fingerprint density at radius 1 is 1.48 bits per heavy atom. The molecule has 0 amide bonds. The Kier molecular flexibility index (Phi) is 5.19. The molecule has 0 aliphatic carbocycles. The molecule has 0 spiro atoms. The van der Waals surface area contributed by atoms with Crippen molar-refractivity contribution in [2.45, 2.75) is 30.3 Å². The van der Waals surface area contributed by atoms with E-state index in [1.54, 1.807) is 0 Å². The van der Waals surface area contributed by atoms with Gasteiger partial charge in [0.05, 0.1) is 16.2 Å². The van der Waals surface area contributed by atoms with Gasteiger partial charge in [-0.15, -0.1) is 11.3 Å². The fourth-order valence-corrected chi connectivity index (χ4v) is 5.01. The maximum atomic E-state index is 14.6. The zero-order valence-corrected chi connectivity index (χ0v) is 16.1. The van der Waals surface area contributed by atoms with Crippen molar-refractivity contribution in [3.63, 3.8) is 0 Å². The van der Waals surface area contributed by atoms with Crippen LogP contribution in [-0.2, 0) is 10.0 Å². The fourth-order valence-electron chi connectivity index (χ4n) is 3.00. The van der Waals surface area contributed by atoms with Crippen LogP contribution < -0.4 is 14.9 Å². The summed E-state index contributed by atoms with van der Waals surface area (Å²) >= 11 is 7.51. The minimum Gasteiger partial charge on any atom is -0.369 e. The van der Waals surface area contributed by atoms with Gasteiger partial charge in [0.15, 0.2) is 5.82 Å². The number of halogens is 2. The largest absolute Gasteiger partial charge is 0.369 e. The van der Waals surface area contributed by atoms with E-state index in [2.05, 4.69) is 21.9 Å². The summed E-state index contributed by atoms with van der Waals surface area (Å²) < 4.78 is 41.6. The third kappa shape index (κ3) is 3.74. The molecule has 6 nitrogen and oxygen atoms in total. The molecular formula is C15H18ClFN4O2S2. The van der Waals surface area contributed by atoms with E-state index in [0.717, 1.165) is 19.0 Å². The van der Waals surface area contributed by atoms with Gasteiger partial charge < -0.3 is 10.2 Å². The van der Waals surface area contributed by atoms with E-state index in [0.29, 0.717) is 5.69 Å². The molecule has 0 radical (unpaired) electrons. The molecule has 1 aromatic heterocycles. The maximum absolute atomic E-state index is 14.6. The molecule has 0 unspecified atom stereocenters. The number of benzene rings is 1. The van der Waals surface area contributed by atoms with Gasteiger partial charge in [-0.2, -0.15) is 0 Å². The topological polar surface area (TPSA) is 74.3 Å². The molecule has 1 aliphatic heterocycles. The van der Waals surface area contributed by atoms with E-state index >= 15 is 0 Å². The summed E-state index contributed by atoms with van der Waals surface area (Å²) in [5.74, 6) is -0.708. The Morgan fingerprint density at radius 2 is 2.24 bits per heavy atom. The highest BCUT2D eigenvalue weighted by atomic mass is 35.5. The average molecular weight is 405 g/mol. The number of nitrogens with zero attached hydrogens (tertiary/aromatic N) is 2. The lowest BCUT2D eigenvalue weighted by molar-refractivity contribution is 0.553. The van der Waals surface area contributed by atoms with Crippen molar-refractivity contribution in [2.24, 2.45) is 0 Å². The van der Waals surface area contributed by atoms with Crippen LogP contribution in [0.4, 0.5) is 15.9 Å². The van der Waals surface area contributed by atoms with Crippen LogP contribution in [0.3, 0.4) is 0 Å². The van der Waals surface area contributed by atoms with Gasteiger partial charge in [0, 0.05) is 30.6 Å². The van der Waals surface area contributed by atoms with E-state index in [9.17, 15) is 12.8 Å². The van der Waals surface area contributed by atoms with Crippen molar-refractivity contribution in [3.05, 3.63) is 33.9 Å². The number of likely N-dealkylation sites (N-methyl/N-ethyl adjacent to an activating group) is 1. The number of rotatable bonds is 5. The Balaban J connectivity index is 1.92. The highest BCUT2D eigenvalue weighted by molar-refractivity contribution is 7.92. The summed E-state index contributed by atoms with van der Waals surface area (Å²) in [5, 5.41) is 5.03. The predicted octanol–water partition coefficient (Wildman–Crippen LogP) is 2.92. The first-order valence-electron chi connectivity index (χ1n) is 7.66. The molecule has 10 heteroatoms. The van der Waals surface area contributed by atoms with Crippen LogP contribution in [0.25, 0.3) is 0 Å². The van der Waals surface area contributed by atoms with E-state index in [1.165, 1.54) is 28.3 Å². The summed E-state index contributed by atoms with van der Waals surface area (Å²) in [7, 11) is -2.27. The second kappa shape index (κ2) is 7.06. The molecule has 0 saturated carbocycles. The van der Waals surface area contributed by atoms with Gasteiger partial charge in [0.2, 0.25) is 0 Å². The summed E-state index contributed by atoms with van der Waals surface area (Å²) in [4.78, 5) is 5.23. The second-order valence-electron chi connectivity index (χ2n) is 5.92. The number of hydrogen-bond acceptors (Lipinski definition) is 6. The molecule has 2 N–H and O–H groups in total. The van der Waals surface area contributed by atoms with E-state index in [1.807, 2.05) is 11.9 Å². The third-order valence-electron chi connectivity index (χ3n) is 4.32. The lowest BCUT2D eigenvalue weighted by atomic mass is 10.1. The number of sulfonamides is 1. The first-order chi connectivity index (χ1) is 11.8. The van der Waals surface area contributed by atoms with Crippen molar-refractivity contribution in [1.29, 1.82) is 0 Å². The van der Waals surface area contributed by atoms with Crippen molar-refractivity contribution >= 4 is 44.5 Å². The van der Waals surface area contributed by atoms with Crippen LogP contribution >= 0.6 is 22.9 Å². The van der Waals surface area contributed by atoms with Gasteiger partial charge in [0.25, 0.3) is 10.0 Å². The van der Waals surface area contributed by atoms with Crippen LogP contribution in [0.15, 0.2) is 27.9 Å². The van der Waals surface area contributed by atoms with Crippen molar-refractivity contribution in [1.82, 2.24) is 10.3 Å². The van der Waals surface area contributed by atoms with Crippen molar-refractivity contribution < 1.29 is 12.8 Å². The van der Waals surface area contributed by atoms with E-state index in [-0.39, 0.29) is 22.9 Å². The predicted molar refractivity (Wildman–Crippen MR) is 98.6 cm³/mol. The van der Waals surface area contributed by atoms with Crippen LogP contribution in [0, 0.1) is 5.82 Å². The van der Waals surface area contributed by atoms with Gasteiger partial charge in [-0.25, -0.2) is 17.8 Å². The summed E-state index contributed by atoms with van der Waals surface area (Å²) in [6.07, 6.45) is 0.904. The third-order valence-corrected chi connectivity index (χ3v) is 6.58. The smallest absolute Gasteiger partial charge is 0.266 e. The molecule has 2 aromatic rings. The molecule has 2 atom stereocenters. The Labute approximate surface area is 155 Å². The summed E-state index contributed by atoms with van der Waals surface area (Å²) in [6.45, 7) is 2.93. The normalized spacial score (nSPS) is 20.6. The van der Waals surface area contributed by atoms with Gasteiger partial charge in [-0.3, -0.25) is 4.72 Å². The van der Waals surface area contributed by atoms with Gasteiger partial charge in [-0.05, 0) is 26.0 Å². The maximum Gasteiger partial charge on any atom is 0.266 e. The first-order valence-corrected chi connectivity index (χ1v) is 10.5. The van der Waals surface area contributed by atoms with Crippen LogP contribution in [0.5, 0.6) is 0 Å². The quantitative estimate of drug-likeness (QED) is 0.801. The Hall–Kier alpha value is -1.42. The first kappa shape index (κ1) is 18.4. The number of thiazole rings is 1. The van der Waals surface area contributed by atoms with Gasteiger partial charge >= 0.3 is 0 Å². The summed E-state index contributed by atoms with van der Waals surface area (Å²) in [5.41, 5.74) is 1.95. The van der Waals surface area contributed by atoms with Gasteiger partial charge in [-0.1, -0.05) is 11.6 Å². The highest BCUT2D eigenvalue weighted by Crippen LogP contribution is 2.33. The SMILES string of the molecule is C[C@H]1NCC[C@H]1N(C)c1cc(F)c(S(=O)(=O)Nc2cscn2)cc1Cl. The van der Waals surface area contributed by atoms with Crippen LogP contribution in [-0.4, -0.2) is 39.1 Å². The number of aromatic nitrogens is 1. The zero-order valence-electron chi connectivity index (χ0n) is 13.7. The number of nitrogens with one attached hydrogen (secondary N) is 2. The highest BCUT2D eigenvalue weighted by Gasteiger charge is 2.29. The van der Waals surface area contributed by atoms with Crippen molar-refractivity contribution in [3.8, 4) is 0 Å². The second-order valence-corrected chi connectivity index (χ2v) is 8.70. The molecule has 1 aliphatic rings. The molecule has 136 valence electrons. The van der Waals surface area contributed by atoms with E-state index < -0.39 is 20.7 Å². The molecule has 1 saturated heterocycles. The van der Waals surface area contributed by atoms with E-state index in [4.69, 9.17) is 11.6 Å². The molecule has 3 rings (SSSR count). The van der Waals surface area contributed by atoms with Gasteiger partial charge in [0.1, 0.15) is 10.7 Å².